The highest BCUT2D eigenvalue weighted by Gasteiger charge is 1.99. The number of halogens is 1. The van der Waals surface area contributed by atoms with Crippen LogP contribution < -0.4 is 0 Å². The third-order valence-electron chi connectivity index (χ3n) is 1.04. The Hall–Kier alpha value is -1.09. The molecule has 0 amide bonds. The Bertz CT molecular complexity index is 262. The van der Waals surface area contributed by atoms with Crippen molar-refractivity contribution in [2.75, 3.05) is 0 Å². The van der Waals surface area contributed by atoms with Crippen LogP contribution in [-0.4, -0.2) is 5.11 Å². The average molecular weight is 158 g/mol. The van der Waals surface area contributed by atoms with E-state index in [1.165, 1.54) is 18.2 Å². The first-order valence-electron chi connectivity index (χ1n) is 2.56. The number of nitroso groups, excluding NO2 is 1. The van der Waals surface area contributed by atoms with E-state index in [9.17, 15) is 4.91 Å². The van der Waals surface area contributed by atoms with Gasteiger partial charge >= 0.3 is 0 Å². The molecule has 52 valence electrons. The molecule has 1 aromatic carbocycles. The van der Waals surface area contributed by atoms with Crippen molar-refractivity contribution < 1.29 is 5.11 Å². The van der Waals surface area contributed by atoms with Gasteiger partial charge in [-0.15, -0.1) is 4.91 Å². The van der Waals surface area contributed by atoms with Gasteiger partial charge in [-0.05, 0) is 23.4 Å². The lowest BCUT2D eigenvalue weighted by Crippen LogP contribution is -1.66. The molecule has 0 saturated heterocycles. The van der Waals surface area contributed by atoms with Crippen LogP contribution in [0.1, 0.15) is 0 Å². The second kappa shape index (κ2) is 2.66. The summed E-state index contributed by atoms with van der Waals surface area (Å²) in [4.78, 5) is 9.91. The maximum Gasteiger partial charge on any atom is 0.151 e. The molecule has 0 saturated carbocycles. The molecule has 0 bridgehead atoms. The van der Waals surface area contributed by atoms with Gasteiger partial charge in [0, 0.05) is 5.02 Å². The summed E-state index contributed by atoms with van der Waals surface area (Å²) in [5, 5.41) is 11.8. The molecule has 0 aliphatic rings. The summed E-state index contributed by atoms with van der Waals surface area (Å²) in [6, 6.07) is 4.09. The molecule has 0 atom stereocenters. The van der Waals surface area contributed by atoms with Crippen LogP contribution in [0.25, 0.3) is 0 Å². The second-order valence-electron chi connectivity index (χ2n) is 1.72. The molecule has 1 N–H and O–H groups in total. The van der Waals surface area contributed by atoms with Crippen molar-refractivity contribution in [2.24, 2.45) is 5.18 Å². The van der Waals surface area contributed by atoms with E-state index in [1.54, 1.807) is 0 Å². The van der Waals surface area contributed by atoms with Crippen LogP contribution in [0, 0.1) is 4.91 Å². The highest BCUT2D eigenvalue weighted by atomic mass is 35.5. The normalized spacial score (nSPS) is 9.30. The van der Waals surface area contributed by atoms with E-state index in [-0.39, 0.29) is 11.4 Å². The Balaban J connectivity index is 3.21. The van der Waals surface area contributed by atoms with Crippen molar-refractivity contribution in [1.82, 2.24) is 0 Å². The average Bonchev–Trinajstić information content (AvgIpc) is 1.94. The first-order valence-corrected chi connectivity index (χ1v) is 2.93. The molecule has 10 heavy (non-hydrogen) atoms. The quantitative estimate of drug-likeness (QED) is 0.637. The summed E-state index contributed by atoms with van der Waals surface area (Å²) in [5.74, 6) is -0.153. The predicted octanol–water partition coefficient (Wildman–Crippen LogP) is 2.44. The monoisotopic (exact) mass is 157 g/mol. The highest BCUT2D eigenvalue weighted by Crippen LogP contribution is 2.28. The highest BCUT2D eigenvalue weighted by molar-refractivity contribution is 6.30. The zero-order valence-corrected chi connectivity index (χ0v) is 5.67. The van der Waals surface area contributed by atoms with Crippen molar-refractivity contribution in [3.8, 4) is 5.75 Å². The van der Waals surface area contributed by atoms with Gasteiger partial charge in [-0.25, -0.2) is 0 Å². The van der Waals surface area contributed by atoms with E-state index in [0.29, 0.717) is 5.02 Å². The Morgan fingerprint density at radius 3 is 2.70 bits per heavy atom. The summed E-state index contributed by atoms with van der Waals surface area (Å²) >= 11 is 5.49. The standard InChI is InChI=1S/C6H4ClNO2/c7-4-1-2-6(9)5(3-4)8-10/h1-3,9H. The number of hydrogen-bond donors (Lipinski definition) is 1. The molecule has 0 spiro atoms. The van der Waals surface area contributed by atoms with E-state index in [1.807, 2.05) is 0 Å². The van der Waals surface area contributed by atoms with E-state index in [0.717, 1.165) is 0 Å². The van der Waals surface area contributed by atoms with Crippen molar-refractivity contribution in [1.29, 1.82) is 0 Å². The minimum Gasteiger partial charge on any atom is -0.506 e. The molecule has 0 radical (unpaired) electrons. The lowest BCUT2D eigenvalue weighted by Gasteiger charge is -1.93. The predicted molar refractivity (Wildman–Crippen MR) is 38.6 cm³/mol. The Kier molecular flexibility index (Phi) is 1.87. The number of rotatable bonds is 1. The van der Waals surface area contributed by atoms with Gasteiger partial charge in [-0.3, -0.25) is 0 Å². The molecule has 0 heterocycles. The van der Waals surface area contributed by atoms with Gasteiger partial charge in [0.25, 0.3) is 0 Å². The van der Waals surface area contributed by atoms with Crippen molar-refractivity contribution >= 4 is 17.3 Å². The molecule has 0 aliphatic carbocycles. The molecule has 1 aromatic rings. The zero-order chi connectivity index (χ0) is 7.56. The number of phenolic OH excluding ortho intramolecular Hbond substituents is 1. The van der Waals surface area contributed by atoms with Crippen molar-refractivity contribution in [3.05, 3.63) is 28.1 Å². The van der Waals surface area contributed by atoms with E-state index < -0.39 is 0 Å². The Labute approximate surface area is 62.2 Å². The van der Waals surface area contributed by atoms with Gasteiger partial charge < -0.3 is 5.11 Å². The largest absolute Gasteiger partial charge is 0.506 e. The van der Waals surface area contributed by atoms with Crippen LogP contribution in [0.2, 0.25) is 5.02 Å². The fourth-order valence-corrected chi connectivity index (χ4v) is 0.736. The van der Waals surface area contributed by atoms with E-state index >= 15 is 0 Å². The second-order valence-corrected chi connectivity index (χ2v) is 2.16. The Morgan fingerprint density at radius 1 is 1.50 bits per heavy atom. The topological polar surface area (TPSA) is 49.7 Å². The molecule has 4 heteroatoms. The number of benzene rings is 1. The fourth-order valence-electron chi connectivity index (χ4n) is 0.570. The first kappa shape index (κ1) is 7.02. The van der Waals surface area contributed by atoms with Crippen molar-refractivity contribution in [3.63, 3.8) is 0 Å². The van der Waals surface area contributed by atoms with E-state index in [4.69, 9.17) is 16.7 Å². The van der Waals surface area contributed by atoms with Gasteiger partial charge in [0.15, 0.2) is 5.69 Å². The molecule has 0 unspecified atom stereocenters. The molecule has 0 fully saturated rings. The maximum absolute atomic E-state index is 9.91. The van der Waals surface area contributed by atoms with Crippen LogP contribution in [0.4, 0.5) is 5.69 Å². The van der Waals surface area contributed by atoms with Gasteiger partial charge in [-0.1, -0.05) is 11.6 Å². The van der Waals surface area contributed by atoms with Crippen LogP contribution in [0.5, 0.6) is 5.75 Å². The number of aromatic hydroxyl groups is 1. The third-order valence-corrected chi connectivity index (χ3v) is 1.27. The zero-order valence-electron chi connectivity index (χ0n) is 4.91. The summed E-state index contributed by atoms with van der Waals surface area (Å²) in [6.45, 7) is 0. The van der Waals surface area contributed by atoms with Gasteiger partial charge in [0.05, 0.1) is 0 Å². The van der Waals surface area contributed by atoms with Crippen LogP contribution in [0.3, 0.4) is 0 Å². The smallest absolute Gasteiger partial charge is 0.151 e. The number of nitrogens with zero attached hydrogens (tertiary/aromatic N) is 1. The van der Waals surface area contributed by atoms with Crippen LogP contribution in [-0.2, 0) is 0 Å². The summed E-state index contributed by atoms with van der Waals surface area (Å²) in [7, 11) is 0. The molecular formula is C6H4ClNO2. The fraction of sp³-hybridized carbons (Fsp3) is 0. The number of phenols is 1. The van der Waals surface area contributed by atoms with E-state index in [2.05, 4.69) is 5.18 Å². The molecule has 0 aliphatic heterocycles. The first-order chi connectivity index (χ1) is 4.74. The number of hydrogen-bond acceptors (Lipinski definition) is 3. The van der Waals surface area contributed by atoms with Crippen molar-refractivity contribution in [2.45, 2.75) is 0 Å². The van der Waals surface area contributed by atoms with Gasteiger partial charge in [0.1, 0.15) is 5.75 Å². The molecule has 1 rings (SSSR count). The summed E-state index contributed by atoms with van der Waals surface area (Å²) < 4.78 is 0. The minimum atomic E-state index is -0.153. The Morgan fingerprint density at radius 2 is 2.20 bits per heavy atom. The van der Waals surface area contributed by atoms with Crippen LogP contribution >= 0.6 is 11.6 Å². The van der Waals surface area contributed by atoms with Gasteiger partial charge in [0.2, 0.25) is 0 Å². The summed E-state index contributed by atoms with van der Waals surface area (Å²) in [5.41, 5.74) is -0.0347. The SMILES string of the molecule is O=Nc1cc(Cl)ccc1O. The lowest BCUT2D eigenvalue weighted by molar-refractivity contribution is 0.477. The third kappa shape index (κ3) is 1.25. The maximum atomic E-state index is 9.91. The van der Waals surface area contributed by atoms with Crippen LogP contribution in [0.15, 0.2) is 23.4 Å². The lowest BCUT2D eigenvalue weighted by atomic mass is 10.3. The summed E-state index contributed by atoms with van der Waals surface area (Å²) in [6.07, 6.45) is 0. The molecule has 3 nitrogen and oxygen atoms in total. The molecule has 0 aromatic heterocycles. The van der Waals surface area contributed by atoms with Gasteiger partial charge in [-0.2, -0.15) is 0 Å². The minimum absolute atomic E-state index is 0.0347. The molecular weight excluding hydrogens is 154 g/mol.